The van der Waals surface area contributed by atoms with Crippen LogP contribution in [-0.4, -0.2) is 45.6 Å². The van der Waals surface area contributed by atoms with Gasteiger partial charge in [-0.3, -0.25) is 0 Å². The molecule has 0 radical (unpaired) electrons. The Labute approximate surface area is 198 Å². The molecule has 0 aliphatic carbocycles. The number of rotatable bonds is 5. The molecule has 0 bridgehead atoms. The number of urea groups is 1. The minimum Gasteiger partial charge on any atom is -0.497 e. The molecule has 1 atom stereocenters. The van der Waals surface area contributed by atoms with Gasteiger partial charge >= 0.3 is 6.03 Å². The Hall–Kier alpha value is -3.84. The van der Waals surface area contributed by atoms with E-state index in [-0.39, 0.29) is 18.6 Å². The van der Waals surface area contributed by atoms with Gasteiger partial charge in [-0.2, -0.15) is 0 Å². The summed E-state index contributed by atoms with van der Waals surface area (Å²) in [6.45, 7) is 1.30. The fraction of sp³-hybridized carbons (Fsp3) is 0.259. The highest BCUT2D eigenvalue weighted by atomic mass is 16.5. The Morgan fingerprint density at radius 3 is 2.79 bits per heavy atom. The number of amides is 2. The van der Waals surface area contributed by atoms with E-state index in [1.54, 1.807) is 7.11 Å². The second kappa shape index (κ2) is 9.57. The van der Waals surface area contributed by atoms with Crippen molar-refractivity contribution in [1.29, 1.82) is 0 Å². The van der Waals surface area contributed by atoms with E-state index < -0.39 is 0 Å². The van der Waals surface area contributed by atoms with Gasteiger partial charge in [0.15, 0.2) is 0 Å². The second-order valence-corrected chi connectivity index (χ2v) is 8.58. The molecule has 34 heavy (non-hydrogen) atoms. The minimum atomic E-state index is -0.115. The highest BCUT2D eigenvalue weighted by Crippen LogP contribution is 2.33. The molecule has 0 saturated carbocycles. The van der Waals surface area contributed by atoms with Gasteiger partial charge in [-0.05, 0) is 54.8 Å². The van der Waals surface area contributed by atoms with Gasteiger partial charge in [-0.15, -0.1) is 0 Å². The van der Waals surface area contributed by atoms with Crippen molar-refractivity contribution in [2.45, 2.75) is 25.4 Å². The first-order valence-corrected chi connectivity index (χ1v) is 11.5. The Kier molecular flexibility index (Phi) is 6.18. The summed E-state index contributed by atoms with van der Waals surface area (Å²) in [4.78, 5) is 19.9. The molecule has 5 rings (SSSR count). The third kappa shape index (κ3) is 4.34. The summed E-state index contributed by atoms with van der Waals surface area (Å²) in [5.41, 5.74) is 4.49. The first-order valence-electron chi connectivity index (χ1n) is 11.5. The third-order valence-corrected chi connectivity index (χ3v) is 6.38. The van der Waals surface area contributed by atoms with Gasteiger partial charge in [0.25, 0.3) is 0 Å². The number of aliphatic hydroxyl groups excluding tert-OH is 1. The van der Waals surface area contributed by atoms with Crippen LogP contribution in [0.25, 0.3) is 16.8 Å². The Bertz CT molecular complexity index is 1300. The normalized spacial score (nSPS) is 15.9. The number of nitrogens with one attached hydrogen (secondary N) is 1. The fourth-order valence-electron chi connectivity index (χ4n) is 4.60. The lowest BCUT2D eigenvalue weighted by molar-refractivity contribution is 0.191. The number of fused-ring (bicyclic) bond motifs is 1. The number of imidazole rings is 1. The van der Waals surface area contributed by atoms with Gasteiger partial charge in [-0.25, -0.2) is 9.78 Å². The summed E-state index contributed by atoms with van der Waals surface area (Å²) >= 11 is 0. The van der Waals surface area contributed by atoms with Crippen LogP contribution in [0.4, 0.5) is 10.5 Å². The Morgan fingerprint density at radius 2 is 2.00 bits per heavy atom. The highest BCUT2D eigenvalue weighted by Gasteiger charge is 2.28. The maximum absolute atomic E-state index is 13.0. The van der Waals surface area contributed by atoms with Crippen LogP contribution >= 0.6 is 0 Å². The summed E-state index contributed by atoms with van der Waals surface area (Å²) < 4.78 is 7.56. The van der Waals surface area contributed by atoms with Gasteiger partial charge in [-0.1, -0.05) is 30.3 Å². The quantitative estimate of drug-likeness (QED) is 0.447. The average Bonchev–Trinajstić information content (AvgIpc) is 3.29. The number of piperidine rings is 1. The van der Waals surface area contributed by atoms with Crippen molar-refractivity contribution >= 4 is 17.2 Å². The minimum absolute atomic E-state index is 0.0158. The first kappa shape index (κ1) is 22.0. The van der Waals surface area contributed by atoms with Crippen LogP contribution in [0.3, 0.4) is 0 Å². The molecule has 1 fully saturated rings. The molecule has 174 valence electrons. The van der Waals surface area contributed by atoms with Crippen molar-refractivity contribution in [3.05, 3.63) is 84.3 Å². The molecule has 2 aromatic carbocycles. The van der Waals surface area contributed by atoms with Crippen molar-refractivity contribution in [2.24, 2.45) is 0 Å². The summed E-state index contributed by atoms with van der Waals surface area (Å²) in [5, 5.41) is 12.2. The lowest BCUT2D eigenvalue weighted by Crippen LogP contribution is -2.42. The molecule has 7 heteroatoms. The zero-order valence-corrected chi connectivity index (χ0v) is 19.1. The number of aliphatic hydroxyl groups is 1. The number of benzene rings is 2. The molecular formula is C27H28N4O3. The third-order valence-electron chi connectivity index (χ3n) is 6.38. The van der Waals surface area contributed by atoms with Gasteiger partial charge in [0.1, 0.15) is 11.6 Å². The van der Waals surface area contributed by atoms with Crippen LogP contribution in [0.15, 0.2) is 72.9 Å². The van der Waals surface area contributed by atoms with E-state index >= 15 is 0 Å². The molecule has 1 aliphatic heterocycles. The molecule has 1 saturated heterocycles. The van der Waals surface area contributed by atoms with Crippen LogP contribution in [0.2, 0.25) is 0 Å². The first-order chi connectivity index (χ1) is 16.7. The van der Waals surface area contributed by atoms with Crippen LogP contribution in [0.5, 0.6) is 5.75 Å². The number of pyridine rings is 1. The zero-order valence-electron chi connectivity index (χ0n) is 19.1. The number of likely N-dealkylation sites (tertiary alicyclic amines) is 1. The number of anilines is 1. The van der Waals surface area contributed by atoms with Crippen molar-refractivity contribution in [1.82, 2.24) is 14.3 Å². The molecular weight excluding hydrogens is 428 g/mol. The molecule has 3 heterocycles. The lowest BCUT2D eigenvalue weighted by atomic mass is 9.97. The largest absolute Gasteiger partial charge is 0.497 e. The van der Waals surface area contributed by atoms with Crippen LogP contribution in [-0.2, 0) is 6.61 Å². The smallest absolute Gasteiger partial charge is 0.321 e. The molecule has 7 nitrogen and oxygen atoms in total. The highest BCUT2D eigenvalue weighted by molar-refractivity contribution is 5.89. The predicted octanol–water partition coefficient (Wildman–Crippen LogP) is 4.91. The summed E-state index contributed by atoms with van der Waals surface area (Å²) in [5.74, 6) is 1.90. The molecule has 2 N–H and O–H groups in total. The maximum Gasteiger partial charge on any atom is 0.321 e. The molecule has 0 unspecified atom stereocenters. The van der Waals surface area contributed by atoms with Crippen LogP contribution in [0.1, 0.15) is 30.1 Å². The lowest BCUT2D eigenvalue weighted by Gasteiger charge is -2.32. The van der Waals surface area contributed by atoms with Gasteiger partial charge < -0.3 is 24.5 Å². The molecule has 4 aromatic rings. The van der Waals surface area contributed by atoms with Crippen LogP contribution < -0.4 is 10.1 Å². The summed E-state index contributed by atoms with van der Waals surface area (Å²) in [6, 6.07) is 21.2. The van der Waals surface area contributed by atoms with Crippen molar-refractivity contribution in [3.63, 3.8) is 0 Å². The number of hydrogen-bond acceptors (Lipinski definition) is 4. The number of carbonyl (C=O) groups excluding carboxylic acids is 1. The second-order valence-electron chi connectivity index (χ2n) is 8.58. The topological polar surface area (TPSA) is 79.1 Å². The van der Waals surface area contributed by atoms with E-state index in [1.807, 2.05) is 71.8 Å². The zero-order chi connectivity index (χ0) is 23.5. The monoisotopic (exact) mass is 456 g/mol. The molecule has 0 spiro atoms. The average molecular weight is 457 g/mol. The van der Waals surface area contributed by atoms with Gasteiger partial charge in [0.2, 0.25) is 0 Å². The fourth-order valence-corrected chi connectivity index (χ4v) is 4.60. The number of aromatic nitrogens is 2. The number of nitrogens with zero attached hydrogens (tertiary/aromatic N) is 3. The van der Waals surface area contributed by atoms with Crippen molar-refractivity contribution < 1.29 is 14.6 Å². The van der Waals surface area contributed by atoms with E-state index in [0.717, 1.165) is 52.4 Å². The van der Waals surface area contributed by atoms with E-state index in [2.05, 4.69) is 15.8 Å². The SMILES string of the molecule is COc1cccc(-c2nc([C@@H]3CCCN(C(=O)Nc4ccc(CO)cc4)C3)n3ccccc23)c1. The van der Waals surface area contributed by atoms with E-state index in [4.69, 9.17) is 9.72 Å². The standard InChI is InChI=1S/C27H28N4O3/c1-34-23-8-4-6-20(16-23)25-24-9-2-3-15-31(24)26(29-25)21-7-5-14-30(17-21)27(33)28-22-12-10-19(18-32)11-13-22/h2-4,6,8-13,15-16,21,32H,5,7,14,17-18H2,1H3,(H,28,33)/t21-/m1/s1. The molecule has 1 aliphatic rings. The number of carbonyl (C=O) groups is 1. The molecule has 2 amide bonds. The number of hydrogen-bond donors (Lipinski definition) is 2. The molecule has 2 aromatic heterocycles. The van der Waals surface area contributed by atoms with Crippen molar-refractivity contribution in [3.8, 4) is 17.0 Å². The Balaban J connectivity index is 1.40. The van der Waals surface area contributed by atoms with E-state index in [1.165, 1.54) is 0 Å². The number of methoxy groups -OCH3 is 1. The summed E-state index contributed by atoms with van der Waals surface area (Å²) in [7, 11) is 1.67. The van der Waals surface area contributed by atoms with Gasteiger partial charge in [0, 0.05) is 36.5 Å². The predicted molar refractivity (Wildman–Crippen MR) is 132 cm³/mol. The Morgan fingerprint density at radius 1 is 1.15 bits per heavy atom. The number of ether oxygens (including phenoxy) is 1. The van der Waals surface area contributed by atoms with Crippen LogP contribution in [0, 0.1) is 0 Å². The van der Waals surface area contributed by atoms with Gasteiger partial charge in [0.05, 0.1) is 24.9 Å². The van der Waals surface area contributed by atoms with Crippen molar-refractivity contribution in [2.75, 3.05) is 25.5 Å². The maximum atomic E-state index is 13.0. The van der Waals surface area contributed by atoms with E-state index in [9.17, 15) is 9.90 Å². The van der Waals surface area contributed by atoms with E-state index in [0.29, 0.717) is 13.1 Å². The summed E-state index contributed by atoms with van der Waals surface area (Å²) in [6.07, 6.45) is 3.93.